The monoisotopic (exact) mass is 490 g/mol. The van der Waals surface area contributed by atoms with Crippen molar-refractivity contribution in [2.75, 3.05) is 19.8 Å². The minimum atomic E-state index is -2.30. The zero-order valence-electron chi connectivity index (χ0n) is 18.3. The van der Waals surface area contributed by atoms with E-state index in [0.717, 1.165) is 0 Å². The molecule has 1 aromatic carbocycles. The second kappa shape index (κ2) is 11.3. The molecule has 1 unspecified atom stereocenters. The molecule has 1 aromatic rings. The molecule has 0 saturated carbocycles. The summed E-state index contributed by atoms with van der Waals surface area (Å²) in [5.41, 5.74) is 0.685. The number of rotatable bonds is 9. The number of hydrogen-bond acceptors (Lipinski definition) is 13. The van der Waals surface area contributed by atoms with Gasteiger partial charge >= 0.3 is 5.97 Å². The first-order chi connectivity index (χ1) is 16.1. The van der Waals surface area contributed by atoms with Gasteiger partial charge in [-0.3, -0.25) is 4.89 Å². The Balaban J connectivity index is 1.62. The van der Waals surface area contributed by atoms with E-state index in [9.17, 15) is 40.5 Å². The Morgan fingerprint density at radius 1 is 1.00 bits per heavy atom. The quantitative estimate of drug-likeness (QED) is 0.135. The Bertz CT molecular complexity index is 794. The molecule has 2 aliphatic heterocycles. The Labute approximate surface area is 194 Å². The summed E-state index contributed by atoms with van der Waals surface area (Å²) in [6, 6.07) is 8.76. The second-order valence-corrected chi connectivity index (χ2v) is 8.20. The molecule has 2 heterocycles. The smallest absolute Gasteiger partial charge is 0.349 e. The predicted octanol–water partition coefficient (Wildman–Crippen LogP) is -3.11. The fraction of sp³-hybridized carbons (Fsp3) is 0.667. The third kappa shape index (κ3) is 5.40. The molecule has 0 radical (unpaired) electrons. The highest BCUT2D eigenvalue weighted by Gasteiger charge is 2.58. The van der Waals surface area contributed by atoms with Crippen LogP contribution in [0.5, 0.6) is 0 Å². The molecule has 13 nitrogen and oxygen atoms in total. The van der Waals surface area contributed by atoms with Crippen LogP contribution in [0, 0.1) is 0 Å². The Morgan fingerprint density at radius 3 is 2.26 bits per heavy atom. The van der Waals surface area contributed by atoms with E-state index >= 15 is 0 Å². The molecule has 0 spiro atoms. The lowest BCUT2D eigenvalue weighted by molar-refractivity contribution is -0.391. The van der Waals surface area contributed by atoms with E-state index in [2.05, 4.69) is 0 Å². The number of hydrogen-bond donors (Lipinski definition) is 7. The molecule has 2 aliphatic rings. The Morgan fingerprint density at radius 2 is 1.68 bits per heavy atom. The van der Waals surface area contributed by atoms with Crippen molar-refractivity contribution in [3.05, 3.63) is 35.9 Å². The second-order valence-electron chi connectivity index (χ2n) is 8.20. The summed E-state index contributed by atoms with van der Waals surface area (Å²) in [6.07, 6.45) is -13.3. The van der Waals surface area contributed by atoms with Gasteiger partial charge in [0, 0.05) is 0 Å². The summed E-state index contributed by atoms with van der Waals surface area (Å²) in [6.45, 7) is -0.688. The van der Waals surface area contributed by atoms with Gasteiger partial charge in [-0.25, -0.2) is 4.79 Å². The van der Waals surface area contributed by atoms with E-state index in [1.54, 1.807) is 37.3 Å². The summed E-state index contributed by atoms with van der Waals surface area (Å²) in [7, 11) is 0. The van der Waals surface area contributed by atoms with Gasteiger partial charge in [0.15, 0.2) is 6.29 Å². The van der Waals surface area contributed by atoms with Crippen molar-refractivity contribution in [3.8, 4) is 0 Å². The van der Waals surface area contributed by atoms with Gasteiger partial charge in [-0.05, 0) is 12.5 Å². The fourth-order valence-corrected chi connectivity index (χ4v) is 3.73. The lowest BCUT2D eigenvalue weighted by atomic mass is 9.99. The summed E-state index contributed by atoms with van der Waals surface area (Å²) in [4.78, 5) is 21.9. The third-order valence-electron chi connectivity index (χ3n) is 5.92. The van der Waals surface area contributed by atoms with Crippen molar-refractivity contribution in [2.45, 2.75) is 67.6 Å². The van der Waals surface area contributed by atoms with E-state index < -0.39 is 86.5 Å². The van der Waals surface area contributed by atoms with Crippen LogP contribution in [0.1, 0.15) is 18.4 Å². The van der Waals surface area contributed by atoms with Crippen molar-refractivity contribution < 1.29 is 64.5 Å². The molecule has 10 atom stereocenters. The minimum absolute atomic E-state index is 0.574. The normalized spacial score (nSPS) is 39.1. The highest BCUT2D eigenvalue weighted by atomic mass is 17.2. The number of benzene rings is 1. The average molecular weight is 490 g/mol. The first-order valence-corrected chi connectivity index (χ1v) is 10.7. The average Bonchev–Trinajstić information content (AvgIpc) is 3.10. The lowest BCUT2D eigenvalue weighted by Crippen LogP contribution is -2.62. The van der Waals surface area contributed by atoms with Crippen molar-refractivity contribution in [2.24, 2.45) is 0 Å². The van der Waals surface area contributed by atoms with Crippen molar-refractivity contribution >= 4 is 5.97 Å². The van der Waals surface area contributed by atoms with Gasteiger partial charge in [-0.2, -0.15) is 4.89 Å². The van der Waals surface area contributed by atoms with Crippen LogP contribution >= 0.6 is 0 Å². The molecule has 0 bridgehead atoms. The standard InChI is InChI=1S/C21H30O13/c1-10(11-5-3-2-4-6-11)19(29)34-30-8-13-14(24)16(26)17(27)20(31-13)33-21(9-23)18(28)15(25)12(7-22)32-21/h2-6,10,12-18,20,22-28H,7-9H2,1H3/t10?,12-,13-,14-,15-,16+,17-,18+,20-,21+/m1/s1. The molecular weight excluding hydrogens is 460 g/mol. The molecule has 13 heteroatoms. The van der Waals surface area contributed by atoms with E-state index in [1.807, 2.05) is 0 Å². The van der Waals surface area contributed by atoms with Gasteiger partial charge in [0.25, 0.3) is 0 Å². The lowest BCUT2D eigenvalue weighted by Gasteiger charge is -2.43. The van der Waals surface area contributed by atoms with Crippen molar-refractivity contribution in [1.82, 2.24) is 0 Å². The predicted molar refractivity (Wildman–Crippen MR) is 108 cm³/mol. The molecule has 192 valence electrons. The molecule has 3 rings (SSSR count). The molecule has 0 aromatic heterocycles. The number of aliphatic hydroxyl groups excluding tert-OH is 7. The molecule has 2 fully saturated rings. The van der Waals surface area contributed by atoms with Crippen molar-refractivity contribution in [1.29, 1.82) is 0 Å². The van der Waals surface area contributed by atoms with Gasteiger partial charge in [0.2, 0.25) is 5.79 Å². The summed E-state index contributed by atoms with van der Waals surface area (Å²) < 4.78 is 16.0. The van der Waals surface area contributed by atoms with Crippen molar-refractivity contribution in [3.63, 3.8) is 0 Å². The van der Waals surface area contributed by atoms with Crippen LogP contribution in [0.3, 0.4) is 0 Å². The highest BCUT2D eigenvalue weighted by molar-refractivity contribution is 5.77. The Hall–Kier alpha value is -1.75. The molecule has 34 heavy (non-hydrogen) atoms. The highest BCUT2D eigenvalue weighted by Crippen LogP contribution is 2.36. The van der Waals surface area contributed by atoms with Crippen LogP contribution in [0.15, 0.2) is 30.3 Å². The zero-order valence-corrected chi connectivity index (χ0v) is 18.3. The van der Waals surface area contributed by atoms with Crippen LogP contribution in [0.25, 0.3) is 0 Å². The summed E-state index contributed by atoms with van der Waals surface area (Å²) in [5.74, 6) is -3.68. The van der Waals surface area contributed by atoms with Crippen LogP contribution in [-0.2, 0) is 28.8 Å². The molecule has 0 amide bonds. The SMILES string of the molecule is CC(C(=O)OOC[C@H]1O[C@H](O[C@]2(CO)O[C@H](CO)[C@@H](O)[C@@H]2O)[C@H](O)[C@@H](O)[C@@H]1O)c1ccccc1. The maximum atomic E-state index is 12.2. The van der Waals surface area contributed by atoms with Crippen LogP contribution in [-0.4, -0.2) is 116 Å². The molecule has 7 N–H and O–H groups in total. The van der Waals surface area contributed by atoms with Gasteiger partial charge in [-0.15, -0.1) is 0 Å². The molecule has 2 saturated heterocycles. The van der Waals surface area contributed by atoms with E-state index in [1.165, 1.54) is 0 Å². The minimum Gasteiger partial charge on any atom is -0.394 e. The molecular formula is C21H30O13. The maximum absolute atomic E-state index is 12.2. The van der Waals surface area contributed by atoms with Crippen LogP contribution in [0.4, 0.5) is 0 Å². The Kier molecular flexibility index (Phi) is 8.94. The number of aliphatic hydroxyl groups is 7. The number of carbonyl (C=O) groups is 1. The van der Waals surface area contributed by atoms with E-state index in [0.29, 0.717) is 5.56 Å². The first kappa shape index (κ1) is 26.8. The number of ether oxygens (including phenoxy) is 3. The zero-order chi connectivity index (χ0) is 25.0. The largest absolute Gasteiger partial charge is 0.394 e. The number of carbonyl (C=O) groups excluding carboxylic acids is 1. The maximum Gasteiger partial charge on any atom is 0.349 e. The first-order valence-electron chi connectivity index (χ1n) is 10.7. The van der Waals surface area contributed by atoms with Gasteiger partial charge < -0.3 is 50.0 Å². The van der Waals surface area contributed by atoms with E-state index in [4.69, 9.17) is 24.0 Å². The van der Waals surface area contributed by atoms with Gasteiger partial charge in [0.1, 0.15) is 55.9 Å². The molecule has 0 aliphatic carbocycles. The van der Waals surface area contributed by atoms with E-state index in [-0.39, 0.29) is 0 Å². The van der Waals surface area contributed by atoms with Gasteiger partial charge in [-0.1, -0.05) is 30.3 Å². The fourth-order valence-electron chi connectivity index (χ4n) is 3.73. The summed E-state index contributed by atoms with van der Waals surface area (Å²) >= 11 is 0. The van der Waals surface area contributed by atoms with Gasteiger partial charge in [0.05, 0.1) is 12.5 Å². The third-order valence-corrected chi connectivity index (χ3v) is 5.92. The van der Waals surface area contributed by atoms with Crippen LogP contribution < -0.4 is 0 Å². The summed E-state index contributed by atoms with van der Waals surface area (Å²) in [5, 5.41) is 69.9. The van der Waals surface area contributed by atoms with Crippen LogP contribution in [0.2, 0.25) is 0 Å². The topological polar surface area (TPSA) is 205 Å².